The third-order valence-electron chi connectivity index (χ3n) is 5.34. The molecule has 14 heteroatoms. The second kappa shape index (κ2) is 15.1. The van der Waals surface area contributed by atoms with Crippen LogP contribution < -0.4 is 10.6 Å². The van der Waals surface area contributed by atoms with Gasteiger partial charge in [0.15, 0.2) is 17.0 Å². The molecule has 1 saturated heterocycles. The van der Waals surface area contributed by atoms with Crippen molar-refractivity contribution >= 4 is 58.2 Å². The average Bonchev–Trinajstić information content (AvgIpc) is 2.95. The van der Waals surface area contributed by atoms with Crippen molar-refractivity contribution in [2.75, 3.05) is 32.6 Å². The summed E-state index contributed by atoms with van der Waals surface area (Å²) in [6.07, 6.45) is -2.10. The SMILES string of the molecule is COC(=O)CCC(=O)C(C)C(=O)CC(=O)SCCNC(=O)CCNC(=O)[C@@H]1OC(=O)C(=O)OCC1(C)C. The molecular weight excluding hydrogens is 512 g/mol. The Morgan fingerprint density at radius 2 is 1.68 bits per heavy atom. The van der Waals surface area contributed by atoms with Crippen molar-refractivity contribution in [1.29, 1.82) is 0 Å². The minimum atomic E-state index is -1.27. The van der Waals surface area contributed by atoms with Crippen LogP contribution in [0.2, 0.25) is 0 Å². The zero-order valence-electron chi connectivity index (χ0n) is 21.2. The number of hydrogen-bond donors (Lipinski definition) is 2. The van der Waals surface area contributed by atoms with Crippen LogP contribution in [0.4, 0.5) is 0 Å². The fourth-order valence-corrected chi connectivity index (χ4v) is 3.69. The molecule has 0 aromatic rings. The molecule has 1 fully saturated rings. The van der Waals surface area contributed by atoms with Crippen LogP contribution in [0.25, 0.3) is 0 Å². The first-order valence-corrected chi connectivity index (χ1v) is 12.5. The lowest BCUT2D eigenvalue weighted by Crippen LogP contribution is -2.47. The quantitative estimate of drug-likeness (QED) is 0.0937. The number of cyclic esters (lactones) is 2. The van der Waals surface area contributed by atoms with Gasteiger partial charge in [0.1, 0.15) is 12.4 Å². The van der Waals surface area contributed by atoms with Crippen LogP contribution in [-0.4, -0.2) is 85.1 Å². The number of methoxy groups -OCH3 is 1. The van der Waals surface area contributed by atoms with Gasteiger partial charge in [0, 0.05) is 37.1 Å². The van der Waals surface area contributed by atoms with Crippen molar-refractivity contribution in [1.82, 2.24) is 10.6 Å². The lowest BCUT2D eigenvalue weighted by Gasteiger charge is -2.28. The van der Waals surface area contributed by atoms with E-state index < -0.39 is 70.3 Å². The summed E-state index contributed by atoms with van der Waals surface area (Å²) in [4.78, 5) is 94.4. The Balaban J connectivity index is 2.28. The summed E-state index contributed by atoms with van der Waals surface area (Å²) in [5.41, 5.74) is -0.965. The van der Waals surface area contributed by atoms with E-state index in [1.807, 2.05) is 0 Å². The molecule has 0 bridgehead atoms. The van der Waals surface area contributed by atoms with Crippen LogP contribution in [0.3, 0.4) is 0 Å². The van der Waals surface area contributed by atoms with Gasteiger partial charge in [-0.1, -0.05) is 25.6 Å². The molecule has 0 aromatic heterocycles. The molecule has 2 atom stereocenters. The fraction of sp³-hybridized carbons (Fsp3) is 0.652. The van der Waals surface area contributed by atoms with Gasteiger partial charge in [0.25, 0.3) is 5.91 Å². The summed E-state index contributed by atoms with van der Waals surface area (Å²) in [5.74, 6) is -5.91. The van der Waals surface area contributed by atoms with Crippen molar-refractivity contribution in [3.8, 4) is 0 Å². The van der Waals surface area contributed by atoms with Crippen molar-refractivity contribution in [2.24, 2.45) is 11.3 Å². The number of carbonyl (C=O) groups excluding carboxylic acids is 8. The van der Waals surface area contributed by atoms with Crippen LogP contribution in [0.1, 0.15) is 46.5 Å². The molecule has 1 rings (SSSR count). The molecular formula is C23H32N2O11S. The highest BCUT2D eigenvalue weighted by molar-refractivity contribution is 8.13. The Bertz CT molecular complexity index is 932. The summed E-state index contributed by atoms with van der Waals surface area (Å²) in [6, 6.07) is 0. The number of ketones is 2. The molecule has 1 aliphatic rings. The van der Waals surface area contributed by atoms with Crippen molar-refractivity contribution in [3.05, 3.63) is 0 Å². The third kappa shape index (κ3) is 11.1. The molecule has 2 N–H and O–H groups in total. The molecule has 1 heterocycles. The summed E-state index contributed by atoms with van der Waals surface area (Å²) < 4.78 is 14.1. The Morgan fingerprint density at radius 3 is 2.32 bits per heavy atom. The van der Waals surface area contributed by atoms with Gasteiger partial charge in [-0.25, -0.2) is 9.59 Å². The number of Topliss-reactive ketones (excluding diaryl/α,β-unsaturated/α-hetero) is 2. The lowest BCUT2D eigenvalue weighted by atomic mass is 9.87. The number of esters is 3. The van der Waals surface area contributed by atoms with Gasteiger partial charge in [-0.3, -0.25) is 28.8 Å². The standard InChI is InChI=1S/C23H32N2O11S/c1-13(14(26)5-6-17(29)34-4)15(27)11-18(30)37-10-9-24-16(28)7-8-25-20(31)19-23(2,3)12-35-21(32)22(33)36-19/h13,19H,5-12H2,1-4H3,(H,24,28)(H,25,31)/t13?,19-/m0/s1. The number of amides is 2. The monoisotopic (exact) mass is 544 g/mol. The van der Waals surface area contributed by atoms with Gasteiger partial charge >= 0.3 is 17.9 Å². The van der Waals surface area contributed by atoms with E-state index in [1.165, 1.54) is 14.0 Å². The highest BCUT2D eigenvalue weighted by Crippen LogP contribution is 2.27. The van der Waals surface area contributed by atoms with E-state index in [9.17, 15) is 38.4 Å². The Hall–Kier alpha value is -3.29. The molecule has 0 spiro atoms. The zero-order valence-corrected chi connectivity index (χ0v) is 22.0. The molecule has 0 aromatic carbocycles. The number of ether oxygens (including phenoxy) is 3. The average molecular weight is 545 g/mol. The van der Waals surface area contributed by atoms with E-state index in [-0.39, 0.29) is 44.7 Å². The van der Waals surface area contributed by atoms with Crippen LogP contribution >= 0.6 is 11.8 Å². The number of carbonyl (C=O) groups is 8. The normalized spacial score (nSPS) is 17.4. The number of thioether (sulfide) groups is 1. The van der Waals surface area contributed by atoms with E-state index in [0.717, 1.165) is 11.8 Å². The summed E-state index contributed by atoms with van der Waals surface area (Å²) in [7, 11) is 1.19. The van der Waals surface area contributed by atoms with Gasteiger partial charge < -0.3 is 24.8 Å². The van der Waals surface area contributed by atoms with Crippen LogP contribution in [0.5, 0.6) is 0 Å². The Kier molecular flexibility index (Phi) is 12.9. The smallest absolute Gasteiger partial charge is 0.418 e. The maximum atomic E-state index is 12.4. The van der Waals surface area contributed by atoms with Gasteiger partial charge in [0.2, 0.25) is 5.91 Å². The molecule has 37 heavy (non-hydrogen) atoms. The minimum absolute atomic E-state index is 0.0634. The zero-order chi connectivity index (χ0) is 28.2. The van der Waals surface area contributed by atoms with Gasteiger partial charge in [0.05, 0.1) is 25.9 Å². The van der Waals surface area contributed by atoms with Crippen LogP contribution in [0.15, 0.2) is 0 Å². The van der Waals surface area contributed by atoms with E-state index >= 15 is 0 Å². The Labute approximate surface area is 218 Å². The number of nitrogens with one attached hydrogen (secondary N) is 2. The van der Waals surface area contributed by atoms with Crippen molar-refractivity contribution in [3.63, 3.8) is 0 Å². The molecule has 0 radical (unpaired) electrons. The molecule has 1 unspecified atom stereocenters. The van der Waals surface area contributed by atoms with E-state index in [0.29, 0.717) is 0 Å². The largest absolute Gasteiger partial charge is 0.469 e. The molecule has 2 amide bonds. The predicted molar refractivity (Wildman–Crippen MR) is 128 cm³/mol. The molecule has 1 aliphatic heterocycles. The first kappa shape index (κ1) is 31.7. The van der Waals surface area contributed by atoms with E-state index in [1.54, 1.807) is 13.8 Å². The lowest BCUT2D eigenvalue weighted by molar-refractivity contribution is -0.168. The van der Waals surface area contributed by atoms with Gasteiger partial charge in [-0.15, -0.1) is 0 Å². The van der Waals surface area contributed by atoms with Crippen LogP contribution in [-0.2, 0) is 52.6 Å². The van der Waals surface area contributed by atoms with E-state index in [4.69, 9.17) is 9.47 Å². The highest BCUT2D eigenvalue weighted by atomic mass is 32.2. The topological polar surface area (TPSA) is 188 Å². The maximum absolute atomic E-state index is 12.4. The first-order chi connectivity index (χ1) is 17.3. The summed E-state index contributed by atoms with van der Waals surface area (Å²) >= 11 is 0.830. The third-order valence-corrected chi connectivity index (χ3v) is 6.22. The van der Waals surface area contributed by atoms with Gasteiger partial charge in [-0.05, 0) is 6.92 Å². The second-order valence-corrected chi connectivity index (χ2v) is 10.0. The van der Waals surface area contributed by atoms with Crippen molar-refractivity contribution < 1.29 is 52.6 Å². The second-order valence-electron chi connectivity index (χ2n) is 8.87. The summed E-state index contributed by atoms with van der Waals surface area (Å²) in [6.45, 7) is 4.43. The maximum Gasteiger partial charge on any atom is 0.418 e. The first-order valence-electron chi connectivity index (χ1n) is 11.5. The molecule has 206 valence electrons. The summed E-state index contributed by atoms with van der Waals surface area (Å²) in [5, 5.41) is 4.58. The van der Waals surface area contributed by atoms with Crippen LogP contribution in [0, 0.1) is 11.3 Å². The van der Waals surface area contributed by atoms with E-state index in [2.05, 4.69) is 15.4 Å². The molecule has 0 saturated carbocycles. The fourth-order valence-electron chi connectivity index (χ4n) is 3.01. The Morgan fingerprint density at radius 1 is 1.00 bits per heavy atom. The molecule has 0 aliphatic carbocycles. The predicted octanol–water partition coefficient (Wildman–Crippen LogP) is -0.519. The number of rotatable bonds is 14. The number of hydrogen-bond acceptors (Lipinski definition) is 12. The minimum Gasteiger partial charge on any atom is -0.469 e. The molecule has 13 nitrogen and oxygen atoms in total. The van der Waals surface area contributed by atoms with Crippen molar-refractivity contribution in [2.45, 2.75) is 52.6 Å². The highest BCUT2D eigenvalue weighted by Gasteiger charge is 2.44. The van der Waals surface area contributed by atoms with Gasteiger partial charge in [-0.2, -0.15) is 0 Å².